The van der Waals surface area contributed by atoms with Crippen molar-refractivity contribution >= 4 is 13.9 Å². The molecule has 0 unspecified atom stereocenters. The molecule has 18 heavy (non-hydrogen) atoms. The Morgan fingerprint density at radius 3 is 2.50 bits per heavy atom. The summed E-state index contributed by atoms with van der Waals surface area (Å²) in [7, 11) is -1.25. The van der Waals surface area contributed by atoms with Crippen LogP contribution in [0.2, 0.25) is 19.6 Å². The molecule has 1 aromatic heterocycles. The Hall–Kier alpha value is -1.75. The van der Waals surface area contributed by atoms with Crippen molar-refractivity contribution < 1.29 is 4.79 Å². The second kappa shape index (κ2) is 4.86. The van der Waals surface area contributed by atoms with Crippen LogP contribution in [0.3, 0.4) is 0 Å². The number of ketones is 1. The van der Waals surface area contributed by atoms with Crippen LogP contribution in [0, 0.1) is 0 Å². The predicted molar refractivity (Wildman–Crippen MR) is 73.2 cm³/mol. The molecule has 1 aromatic carbocycles. The largest absolute Gasteiger partial charge is 0.287 e. The quantitative estimate of drug-likeness (QED) is 0.625. The van der Waals surface area contributed by atoms with Gasteiger partial charge in [0.15, 0.2) is 5.69 Å². The summed E-state index contributed by atoms with van der Waals surface area (Å²) in [5.74, 6) is -0.0718. The predicted octanol–water partition coefficient (Wildman–Crippen LogP) is 2.39. The number of hydrogen-bond acceptors (Lipinski definition) is 3. The fourth-order valence-corrected chi connectivity index (χ4v) is 2.83. The van der Waals surface area contributed by atoms with Gasteiger partial charge in [0.2, 0.25) is 5.78 Å². The van der Waals surface area contributed by atoms with Crippen LogP contribution >= 0.6 is 0 Å². The molecule has 0 aliphatic rings. The minimum atomic E-state index is -1.25. The molecule has 0 spiro atoms. The smallest absolute Gasteiger partial charge is 0.214 e. The summed E-state index contributed by atoms with van der Waals surface area (Å²) in [5.41, 5.74) is 1.07. The zero-order chi connectivity index (χ0) is 13.2. The van der Waals surface area contributed by atoms with E-state index in [9.17, 15) is 4.79 Å². The highest BCUT2D eigenvalue weighted by atomic mass is 28.3. The summed E-state index contributed by atoms with van der Waals surface area (Å²) in [6.45, 7) is 6.77. The number of hydrogen-bond donors (Lipinski definition) is 0. The molecular weight excluding hydrogens is 242 g/mol. The average molecular weight is 259 g/mol. The molecule has 0 aliphatic carbocycles. The van der Waals surface area contributed by atoms with Gasteiger partial charge in [0.05, 0.1) is 14.3 Å². The van der Waals surface area contributed by atoms with Crippen LogP contribution in [0.5, 0.6) is 0 Å². The van der Waals surface area contributed by atoms with Crippen LogP contribution in [0.4, 0.5) is 0 Å². The van der Waals surface area contributed by atoms with E-state index >= 15 is 0 Å². The Morgan fingerprint density at radius 1 is 1.22 bits per heavy atom. The molecular formula is C13H17N3OSi. The number of rotatable bonds is 4. The van der Waals surface area contributed by atoms with E-state index in [0.29, 0.717) is 11.3 Å². The number of nitrogens with zero attached hydrogens (tertiary/aromatic N) is 3. The van der Waals surface area contributed by atoms with Crippen molar-refractivity contribution in [2.45, 2.75) is 25.8 Å². The van der Waals surface area contributed by atoms with Gasteiger partial charge in [-0.3, -0.25) is 9.48 Å². The summed E-state index contributed by atoms with van der Waals surface area (Å²) in [4.78, 5) is 12.1. The summed E-state index contributed by atoms with van der Waals surface area (Å²) in [5, 5.41) is 7.99. The molecule has 0 fully saturated rings. The van der Waals surface area contributed by atoms with Crippen LogP contribution in [-0.4, -0.2) is 28.9 Å². The lowest BCUT2D eigenvalue weighted by Gasteiger charge is -2.14. The highest BCUT2D eigenvalue weighted by Gasteiger charge is 2.17. The molecule has 0 radical (unpaired) electrons. The van der Waals surface area contributed by atoms with E-state index in [4.69, 9.17) is 0 Å². The molecule has 2 aromatic rings. The van der Waals surface area contributed by atoms with Crippen LogP contribution in [-0.2, 0) is 6.17 Å². The van der Waals surface area contributed by atoms with Crippen molar-refractivity contribution in [1.29, 1.82) is 0 Å². The van der Waals surface area contributed by atoms with Crippen molar-refractivity contribution in [2.75, 3.05) is 0 Å². The van der Waals surface area contributed by atoms with Gasteiger partial charge in [0.25, 0.3) is 0 Å². The van der Waals surface area contributed by atoms with Crippen molar-refractivity contribution in [1.82, 2.24) is 15.0 Å². The number of carbonyl (C=O) groups excluding carboxylic acids is 1. The van der Waals surface area contributed by atoms with Gasteiger partial charge in [-0.25, -0.2) is 0 Å². The fraction of sp³-hybridized carbons (Fsp3) is 0.308. The molecule has 94 valence electrons. The van der Waals surface area contributed by atoms with E-state index in [2.05, 4.69) is 30.0 Å². The molecule has 0 aliphatic heterocycles. The lowest BCUT2D eigenvalue weighted by Crippen LogP contribution is -2.28. The van der Waals surface area contributed by atoms with Gasteiger partial charge in [-0.05, 0) is 0 Å². The normalized spacial score (nSPS) is 11.5. The third-order valence-corrected chi connectivity index (χ3v) is 3.72. The number of benzene rings is 1. The van der Waals surface area contributed by atoms with Crippen molar-refractivity contribution in [3.8, 4) is 0 Å². The van der Waals surface area contributed by atoms with Gasteiger partial charge in [0, 0.05) is 11.7 Å². The summed E-state index contributed by atoms with van der Waals surface area (Å²) in [6, 6.07) is 9.16. The van der Waals surface area contributed by atoms with Crippen LogP contribution in [0.15, 0.2) is 36.5 Å². The second-order valence-electron chi connectivity index (χ2n) is 5.56. The number of aromatic nitrogens is 3. The third kappa shape index (κ3) is 3.13. The Bertz CT molecular complexity index is 543. The molecule has 1 heterocycles. The maximum Gasteiger partial charge on any atom is 0.214 e. The molecule has 0 saturated carbocycles. The van der Waals surface area contributed by atoms with Gasteiger partial charge < -0.3 is 0 Å². The molecule has 0 atom stereocenters. The minimum absolute atomic E-state index is 0.0718. The molecule has 0 bridgehead atoms. The van der Waals surface area contributed by atoms with E-state index in [1.165, 1.54) is 0 Å². The Balaban J connectivity index is 2.18. The zero-order valence-electron chi connectivity index (χ0n) is 10.9. The van der Waals surface area contributed by atoms with Crippen LogP contribution < -0.4 is 0 Å². The first kappa shape index (κ1) is 12.7. The van der Waals surface area contributed by atoms with Gasteiger partial charge in [-0.15, -0.1) is 5.10 Å². The fourth-order valence-electron chi connectivity index (χ4n) is 1.70. The molecule has 4 nitrogen and oxygen atoms in total. The highest BCUT2D eigenvalue weighted by Crippen LogP contribution is 2.08. The third-order valence-electron chi connectivity index (χ3n) is 2.44. The zero-order valence-corrected chi connectivity index (χ0v) is 11.9. The lowest BCUT2D eigenvalue weighted by atomic mass is 10.1. The molecule has 0 N–H and O–H groups in total. The first-order chi connectivity index (χ1) is 8.46. The molecule has 0 saturated heterocycles. The average Bonchev–Trinajstić information content (AvgIpc) is 2.75. The maximum atomic E-state index is 12.1. The Labute approximate surface area is 108 Å². The summed E-state index contributed by atoms with van der Waals surface area (Å²) < 4.78 is 1.78. The Kier molecular flexibility index (Phi) is 3.42. The molecule has 2 rings (SSSR count). The monoisotopic (exact) mass is 259 g/mol. The van der Waals surface area contributed by atoms with Gasteiger partial charge in [-0.1, -0.05) is 55.2 Å². The standard InChI is InChI=1S/C13H17N3OSi/c1-18(2,3)10-16-9-12(14-15-16)13(17)11-7-5-4-6-8-11/h4-9H,10H2,1-3H3. The Morgan fingerprint density at radius 2 is 1.89 bits per heavy atom. The van der Waals surface area contributed by atoms with Gasteiger partial charge >= 0.3 is 0 Å². The van der Waals surface area contributed by atoms with E-state index < -0.39 is 8.07 Å². The van der Waals surface area contributed by atoms with Gasteiger partial charge in [-0.2, -0.15) is 0 Å². The van der Waals surface area contributed by atoms with Crippen LogP contribution in [0.1, 0.15) is 16.1 Å². The first-order valence-corrected chi connectivity index (χ1v) is 9.66. The molecule has 5 heteroatoms. The van der Waals surface area contributed by atoms with E-state index in [1.54, 1.807) is 23.0 Å². The first-order valence-electron chi connectivity index (χ1n) is 5.96. The van der Waals surface area contributed by atoms with E-state index in [1.807, 2.05) is 18.2 Å². The molecule has 0 amide bonds. The van der Waals surface area contributed by atoms with Crippen molar-refractivity contribution in [2.24, 2.45) is 0 Å². The summed E-state index contributed by atoms with van der Waals surface area (Å²) >= 11 is 0. The maximum absolute atomic E-state index is 12.1. The summed E-state index contributed by atoms with van der Waals surface area (Å²) in [6.07, 6.45) is 2.62. The lowest BCUT2D eigenvalue weighted by molar-refractivity contribution is 0.103. The van der Waals surface area contributed by atoms with Gasteiger partial charge in [0.1, 0.15) is 0 Å². The van der Waals surface area contributed by atoms with Crippen molar-refractivity contribution in [3.05, 3.63) is 47.8 Å². The SMILES string of the molecule is C[Si](C)(C)Cn1cc(C(=O)c2ccccc2)nn1. The van der Waals surface area contributed by atoms with Crippen LogP contribution in [0.25, 0.3) is 0 Å². The van der Waals surface area contributed by atoms with E-state index in [0.717, 1.165) is 6.17 Å². The van der Waals surface area contributed by atoms with Crippen molar-refractivity contribution in [3.63, 3.8) is 0 Å². The highest BCUT2D eigenvalue weighted by molar-refractivity contribution is 6.74. The topological polar surface area (TPSA) is 47.8 Å². The van der Waals surface area contributed by atoms with E-state index in [-0.39, 0.29) is 5.78 Å². The minimum Gasteiger partial charge on any atom is -0.287 e. The second-order valence-corrected chi connectivity index (χ2v) is 11.0. The number of carbonyl (C=O) groups is 1.